The van der Waals surface area contributed by atoms with E-state index in [2.05, 4.69) is 5.32 Å². The van der Waals surface area contributed by atoms with Crippen LogP contribution in [0.4, 0.5) is 0 Å². The maximum absolute atomic E-state index is 11.6. The Morgan fingerprint density at radius 3 is 1.29 bits per heavy atom. The summed E-state index contributed by atoms with van der Waals surface area (Å²) in [7, 11) is 0. The van der Waals surface area contributed by atoms with E-state index in [0.717, 1.165) is 0 Å². The summed E-state index contributed by atoms with van der Waals surface area (Å²) in [6.07, 6.45) is 1.07. The second-order valence-electron chi connectivity index (χ2n) is 6.60. The van der Waals surface area contributed by atoms with Gasteiger partial charge in [-0.2, -0.15) is 0 Å². The lowest BCUT2D eigenvalue weighted by atomic mass is 9.88. The van der Waals surface area contributed by atoms with Gasteiger partial charge in [-0.1, -0.05) is 41.5 Å². The average Bonchev–Trinajstić information content (AvgIpc) is 2.13. The third-order valence-electron chi connectivity index (χ3n) is 2.73. The van der Waals surface area contributed by atoms with Gasteiger partial charge in [0.2, 0.25) is 0 Å². The van der Waals surface area contributed by atoms with Crippen LogP contribution in [0.2, 0.25) is 0 Å². The zero-order valence-corrected chi connectivity index (χ0v) is 12.1. The van der Waals surface area contributed by atoms with E-state index in [-0.39, 0.29) is 22.4 Å². The predicted octanol–water partition coefficient (Wildman–Crippen LogP) is 2.59. The largest absolute Gasteiger partial charge is 0.316 e. The highest BCUT2D eigenvalue weighted by molar-refractivity contribution is 5.84. The van der Waals surface area contributed by atoms with Crippen molar-refractivity contribution in [2.45, 2.75) is 54.4 Å². The fourth-order valence-corrected chi connectivity index (χ4v) is 1.28. The van der Waals surface area contributed by atoms with Crippen LogP contribution < -0.4 is 5.32 Å². The van der Waals surface area contributed by atoms with Crippen LogP contribution in [0.25, 0.3) is 0 Å². The first-order valence-corrected chi connectivity index (χ1v) is 6.32. The number of hydrogen-bond acceptors (Lipinski definition) is 3. The third-order valence-corrected chi connectivity index (χ3v) is 2.73. The molecule has 1 N–H and O–H groups in total. The van der Waals surface area contributed by atoms with Gasteiger partial charge in [0.15, 0.2) is 0 Å². The Kier molecular flexibility index (Phi) is 6.03. The minimum atomic E-state index is -0.261. The van der Waals surface area contributed by atoms with Crippen LogP contribution in [0.15, 0.2) is 0 Å². The van der Waals surface area contributed by atoms with Gasteiger partial charge >= 0.3 is 0 Å². The summed E-state index contributed by atoms with van der Waals surface area (Å²) in [5.41, 5.74) is -0.522. The van der Waals surface area contributed by atoms with Crippen molar-refractivity contribution >= 4 is 11.6 Å². The molecule has 0 amide bonds. The van der Waals surface area contributed by atoms with E-state index in [1.807, 2.05) is 41.5 Å². The molecule has 0 aliphatic heterocycles. The van der Waals surface area contributed by atoms with Crippen LogP contribution in [-0.2, 0) is 9.59 Å². The summed E-state index contributed by atoms with van der Waals surface area (Å²) >= 11 is 0. The third kappa shape index (κ3) is 7.27. The topological polar surface area (TPSA) is 46.2 Å². The second-order valence-corrected chi connectivity index (χ2v) is 6.60. The summed E-state index contributed by atoms with van der Waals surface area (Å²) in [4.78, 5) is 23.2. The lowest BCUT2D eigenvalue weighted by Crippen LogP contribution is -2.29. The highest BCUT2D eigenvalue weighted by atomic mass is 16.1. The minimum absolute atomic E-state index is 0.257. The average molecular weight is 241 g/mol. The van der Waals surface area contributed by atoms with E-state index in [1.54, 1.807) is 0 Å². The molecule has 0 unspecified atom stereocenters. The van der Waals surface area contributed by atoms with E-state index < -0.39 is 0 Å². The molecule has 0 aliphatic rings. The van der Waals surface area contributed by atoms with Crippen molar-refractivity contribution < 1.29 is 9.59 Å². The van der Waals surface area contributed by atoms with Crippen molar-refractivity contribution in [2.24, 2.45) is 10.8 Å². The molecule has 0 atom stereocenters. The number of ketones is 2. The normalized spacial score (nSPS) is 12.6. The Hall–Kier alpha value is -0.700. The number of nitrogens with one attached hydrogen (secondary N) is 1. The maximum Gasteiger partial charge on any atom is 0.139 e. The first kappa shape index (κ1) is 16.3. The quantitative estimate of drug-likeness (QED) is 0.727. The molecule has 3 heteroatoms. The van der Waals surface area contributed by atoms with E-state index in [9.17, 15) is 9.59 Å². The molecular formula is C14H27NO2. The zero-order valence-electron chi connectivity index (χ0n) is 12.1. The number of carbonyl (C=O) groups excluding carboxylic acids is 2. The molecule has 0 heterocycles. The van der Waals surface area contributed by atoms with Gasteiger partial charge < -0.3 is 5.32 Å². The van der Waals surface area contributed by atoms with Gasteiger partial charge in [0, 0.05) is 36.8 Å². The molecule has 0 saturated heterocycles. The van der Waals surface area contributed by atoms with Crippen molar-refractivity contribution in [3.63, 3.8) is 0 Å². The Labute approximate surface area is 105 Å². The molecule has 0 rings (SSSR count). The molecule has 100 valence electrons. The van der Waals surface area contributed by atoms with Crippen molar-refractivity contribution in [1.82, 2.24) is 5.32 Å². The van der Waals surface area contributed by atoms with Crippen LogP contribution in [0.1, 0.15) is 54.4 Å². The van der Waals surface area contributed by atoms with E-state index in [4.69, 9.17) is 0 Å². The lowest BCUT2D eigenvalue weighted by Gasteiger charge is -2.18. The Morgan fingerprint density at radius 2 is 1.06 bits per heavy atom. The van der Waals surface area contributed by atoms with Crippen LogP contribution in [-0.4, -0.2) is 24.7 Å². The standard InChI is InChI=1S/C14H27NO2/c1-13(2,3)11(16)7-9-15-10-8-12(17)14(4,5)6/h15H,7-10H2,1-6H3. The van der Waals surface area contributed by atoms with Gasteiger partial charge in [-0.3, -0.25) is 9.59 Å². The predicted molar refractivity (Wildman–Crippen MR) is 71.0 cm³/mol. The fourth-order valence-electron chi connectivity index (χ4n) is 1.28. The fraction of sp³-hybridized carbons (Fsp3) is 0.857. The molecule has 0 aliphatic carbocycles. The van der Waals surface area contributed by atoms with Crippen LogP contribution in [0.5, 0.6) is 0 Å². The summed E-state index contributed by atoms with van der Waals surface area (Å²) in [6.45, 7) is 12.9. The molecular weight excluding hydrogens is 214 g/mol. The van der Waals surface area contributed by atoms with Gasteiger partial charge in [-0.05, 0) is 0 Å². The highest BCUT2D eigenvalue weighted by Gasteiger charge is 2.21. The molecule has 0 radical (unpaired) electrons. The molecule has 0 fully saturated rings. The van der Waals surface area contributed by atoms with Crippen LogP contribution in [0, 0.1) is 10.8 Å². The zero-order chi connectivity index (χ0) is 13.7. The molecule has 0 bridgehead atoms. The molecule has 0 aromatic rings. The Bertz CT molecular complexity index is 241. The van der Waals surface area contributed by atoms with Crippen molar-refractivity contribution in [3.8, 4) is 0 Å². The minimum Gasteiger partial charge on any atom is -0.316 e. The number of rotatable bonds is 6. The monoisotopic (exact) mass is 241 g/mol. The molecule has 3 nitrogen and oxygen atoms in total. The second kappa shape index (κ2) is 6.29. The Balaban J connectivity index is 3.68. The maximum atomic E-state index is 11.6. The van der Waals surface area contributed by atoms with Gasteiger partial charge in [-0.25, -0.2) is 0 Å². The first-order valence-electron chi connectivity index (χ1n) is 6.32. The summed E-state index contributed by atoms with van der Waals surface area (Å²) in [5.74, 6) is 0.513. The molecule has 0 spiro atoms. The summed E-state index contributed by atoms with van der Waals surface area (Å²) in [5, 5.41) is 3.15. The smallest absolute Gasteiger partial charge is 0.139 e. The van der Waals surface area contributed by atoms with Crippen LogP contribution in [0.3, 0.4) is 0 Å². The van der Waals surface area contributed by atoms with Gasteiger partial charge in [0.25, 0.3) is 0 Å². The summed E-state index contributed by atoms with van der Waals surface area (Å²) in [6, 6.07) is 0. The van der Waals surface area contributed by atoms with Crippen LogP contribution >= 0.6 is 0 Å². The first-order chi connectivity index (χ1) is 7.55. The van der Waals surface area contributed by atoms with E-state index in [0.29, 0.717) is 25.9 Å². The highest BCUT2D eigenvalue weighted by Crippen LogP contribution is 2.17. The summed E-state index contributed by atoms with van der Waals surface area (Å²) < 4.78 is 0. The van der Waals surface area contributed by atoms with Crippen molar-refractivity contribution in [3.05, 3.63) is 0 Å². The Morgan fingerprint density at radius 1 is 0.765 bits per heavy atom. The number of Topliss-reactive ketones (excluding diaryl/α,β-unsaturated/α-hetero) is 2. The lowest BCUT2D eigenvalue weighted by molar-refractivity contribution is -0.126. The van der Waals surface area contributed by atoms with Gasteiger partial charge in [0.05, 0.1) is 0 Å². The van der Waals surface area contributed by atoms with Gasteiger partial charge in [0.1, 0.15) is 11.6 Å². The molecule has 0 saturated carbocycles. The molecule has 0 aromatic carbocycles. The van der Waals surface area contributed by atoms with E-state index >= 15 is 0 Å². The van der Waals surface area contributed by atoms with E-state index in [1.165, 1.54) is 0 Å². The SMILES string of the molecule is CC(C)(C)C(=O)CCNCCC(=O)C(C)(C)C. The van der Waals surface area contributed by atoms with Gasteiger partial charge in [-0.15, -0.1) is 0 Å². The molecule has 0 aromatic heterocycles. The number of hydrogen-bond donors (Lipinski definition) is 1. The van der Waals surface area contributed by atoms with Crippen molar-refractivity contribution in [1.29, 1.82) is 0 Å². The van der Waals surface area contributed by atoms with Crippen molar-refractivity contribution in [2.75, 3.05) is 13.1 Å². The molecule has 17 heavy (non-hydrogen) atoms. The number of carbonyl (C=O) groups is 2.